The molecule has 21 heavy (non-hydrogen) atoms. The van der Waals surface area contributed by atoms with E-state index in [9.17, 15) is 12.8 Å². The molecule has 0 radical (unpaired) electrons. The zero-order valence-electron chi connectivity index (χ0n) is 12.0. The molecule has 0 aliphatic carbocycles. The molecule has 1 saturated heterocycles. The number of likely N-dealkylation sites (tertiary alicyclic amines) is 1. The summed E-state index contributed by atoms with van der Waals surface area (Å²) in [4.78, 5) is 1.87. The lowest BCUT2D eigenvalue weighted by molar-refractivity contribution is 0.178. The average Bonchev–Trinajstić information content (AvgIpc) is 2.42. The molecule has 1 aliphatic heterocycles. The SMILES string of the molecule is CC1CC(NS(=O)(=O)c2cccc(F)c2C#N)CCN1C. The van der Waals surface area contributed by atoms with Crippen molar-refractivity contribution in [3.05, 3.63) is 29.6 Å². The lowest BCUT2D eigenvalue weighted by atomic mass is 10.0. The molecular weight excluding hydrogens is 293 g/mol. The minimum absolute atomic E-state index is 0.198. The Labute approximate surface area is 124 Å². The quantitative estimate of drug-likeness (QED) is 0.917. The van der Waals surface area contributed by atoms with Gasteiger partial charge in [0.05, 0.1) is 0 Å². The molecule has 2 atom stereocenters. The predicted octanol–water partition coefficient (Wildman–Crippen LogP) is 1.46. The van der Waals surface area contributed by atoms with E-state index in [1.165, 1.54) is 12.1 Å². The van der Waals surface area contributed by atoms with Crippen LogP contribution in [-0.2, 0) is 10.0 Å². The van der Waals surface area contributed by atoms with Crippen LogP contribution in [0.3, 0.4) is 0 Å². The van der Waals surface area contributed by atoms with Crippen molar-refractivity contribution in [2.24, 2.45) is 0 Å². The van der Waals surface area contributed by atoms with Gasteiger partial charge in [0, 0.05) is 12.1 Å². The molecule has 1 heterocycles. The number of piperidine rings is 1. The molecule has 1 aromatic rings. The summed E-state index contributed by atoms with van der Waals surface area (Å²) in [6.45, 7) is 2.83. The van der Waals surface area contributed by atoms with Gasteiger partial charge >= 0.3 is 0 Å². The maximum atomic E-state index is 13.6. The fourth-order valence-corrected chi connectivity index (χ4v) is 3.97. The van der Waals surface area contributed by atoms with Gasteiger partial charge < -0.3 is 4.90 Å². The molecule has 0 saturated carbocycles. The first kappa shape index (κ1) is 15.9. The molecular formula is C14H18FN3O2S. The summed E-state index contributed by atoms with van der Waals surface area (Å²) < 4.78 is 40.9. The van der Waals surface area contributed by atoms with Crippen molar-refractivity contribution < 1.29 is 12.8 Å². The number of sulfonamides is 1. The summed E-state index contributed by atoms with van der Waals surface area (Å²) in [6, 6.07) is 5.32. The molecule has 2 unspecified atom stereocenters. The molecule has 1 N–H and O–H groups in total. The zero-order valence-corrected chi connectivity index (χ0v) is 12.8. The van der Waals surface area contributed by atoms with Gasteiger partial charge in [0.15, 0.2) is 0 Å². The van der Waals surface area contributed by atoms with E-state index in [4.69, 9.17) is 5.26 Å². The maximum absolute atomic E-state index is 13.6. The third kappa shape index (κ3) is 3.40. The fraction of sp³-hybridized carbons (Fsp3) is 0.500. The summed E-state index contributed by atoms with van der Waals surface area (Å²) in [5, 5.41) is 8.96. The first-order chi connectivity index (χ1) is 9.85. The second-order valence-electron chi connectivity index (χ2n) is 5.40. The Morgan fingerprint density at radius 3 is 2.81 bits per heavy atom. The van der Waals surface area contributed by atoms with Gasteiger partial charge in [-0.3, -0.25) is 0 Å². The summed E-state index contributed by atoms with van der Waals surface area (Å²) in [7, 11) is -1.90. The van der Waals surface area contributed by atoms with Gasteiger partial charge in [-0.15, -0.1) is 0 Å². The summed E-state index contributed by atoms with van der Waals surface area (Å²) >= 11 is 0. The summed E-state index contributed by atoms with van der Waals surface area (Å²) in [5.74, 6) is -0.822. The van der Waals surface area contributed by atoms with Crippen molar-refractivity contribution in [3.8, 4) is 6.07 Å². The topological polar surface area (TPSA) is 73.2 Å². The van der Waals surface area contributed by atoms with E-state index >= 15 is 0 Å². The molecule has 1 fully saturated rings. The Morgan fingerprint density at radius 1 is 1.48 bits per heavy atom. The van der Waals surface area contributed by atoms with Crippen molar-refractivity contribution in [2.75, 3.05) is 13.6 Å². The highest BCUT2D eigenvalue weighted by atomic mass is 32.2. The second-order valence-corrected chi connectivity index (χ2v) is 7.08. The van der Waals surface area contributed by atoms with Crippen molar-refractivity contribution in [1.29, 1.82) is 5.26 Å². The van der Waals surface area contributed by atoms with Crippen LogP contribution in [0.5, 0.6) is 0 Å². The monoisotopic (exact) mass is 311 g/mol. The maximum Gasteiger partial charge on any atom is 0.242 e. The van der Waals surface area contributed by atoms with Crippen molar-refractivity contribution in [2.45, 2.75) is 36.7 Å². The molecule has 1 aliphatic rings. The third-order valence-electron chi connectivity index (χ3n) is 3.91. The van der Waals surface area contributed by atoms with E-state index in [-0.39, 0.29) is 17.0 Å². The van der Waals surface area contributed by atoms with Crippen LogP contribution in [0.1, 0.15) is 25.3 Å². The molecule has 0 aromatic heterocycles. The van der Waals surface area contributed by atoms with Gasteiger partial charge in [-0.1, -0.05) is 6.07 Å². The standard InChI is InChI=1S/C14H18FN3O2S/c1-10-8-11(6-7-18(10)2)17-21(19,20)14-5-3-4-13(15)12(14)9-16/h3-5,10-11,17H,6-8H2,1-2H3. The van der Waals surface area contributed by atoms with E-state index < -0.39 is 21.4 Å². The smallest absolute Gasteiger partial charge is 0.242 e. The second kappa shape index (κ2) is 6.10. The van der Waals surface area contributed by atoms with Crippen LogP contribution < -0.4 is 4.72 Å². The Balaban J connectivity index is 2.24. The number of nitriles is 1. The van der Waals surface area contributed by atoms with E-state index in [0.29, 0.717) is 12.8 Å². The molecule has 2 rings (SSSR count). The molecule has 0 bridgehead atoms. The number of hydrogen-bond donors (Lipinski definition) is 1. The summed E-state index contributed by atoms with van der Waals surface area (Å²) in [5.41, 5.74) is -0.439. The van der Waals surface area contributed by atoms with Gasteiger partial charge in [0.2, 0.25) is 10.0 Å². The molecule has 114 valence electrons. The lowest BCUT2D eigenvalue weighted by Crippen LogP contribution is -2.47. The summed E-state index contributed by atoms with van der Waals surface area (Å²) in [6.07, 6.45) is 1.38. The van der Waals surface area contributed by atoms with Crippen LogP contribution in [0.25, 0.3) is 0 Å². The largest absolute Gasteiger partial charge is 0.304 e. The number of benzene rings is 1. The van der Waals surface area contributed by atoms with E-state index in [1.54, 1.807) is 6.07 Å². The zero-order chi connectivity index (χ0) is 15.6. The first-order valence-corrected chi connectivity index (χ1v) is 8.24. The van der Waals surface area contributed by atoms with E-state index in [0.717, 1.165) is 12.6 Å². The third-order valence-corrected chi connectivity index (χ3v) is 5.47. The number of hydrogen-bond acceptors (Lipinski definition) is 4. The Hall–Kier alpha value is -1.49. The normalized spacial score (nSPS) is 23.7. The van der Waals surface area contributed by atoms with Crippen LogP contribution in [0, 0.1) is 17.1 Å². The van der Waals surface area contributed by atoms with Crippen molar-refractivity contribution in [3.63, 3.8) is 0 Å². The molecule has 0 amide bonds. The molecule has 0 spiro atoms. The Bertz CT molecular complexity index is 669. The number of halogens is 1. The van der Waals surface area contributed by atoms with E-state index in [2.05, 4.69) is 9.62 Å². The van der Waals surface area contributed by atoms with Crippen LogP contribution in [0.2, 0.25) is 0 Å². The number of nitrogens with zero attached hydrogens (tertiary/aromatic N) is 2. The van der Waals surface area contributed by atoms with Gasteiger partial charge in [-0.2, -0.15) is 5.26 Å². The van der Waals surface area contributed by atoms with Crippen molar-refractivity contribution in [1.82, 2.24) is 9.62 Å². The Morgan fingerprint density at radius 2 is 2.19 bits per heavy atom. The first-order valence-electron chi connectivity index (χ1n) is 6.76. The fourth-order valence-electron chi connectivity index (χ4n) is 2.52. The molecule has 1 aromatic carbocycles. The highest BCUT2D eigenvalue weighted by molar-refractivity contribution is 7.89. The van der Waals surface area contributed by atoms with Gasteiger partial charge in [0.1, 0.15) is 22.3 Å². The highest BCUT2D eigenvalue weighted by Gasteiger charge is 2.29. The van der Waals surface area contributed by atoms with Gasteiger partial charge in [0.25, 0.3) is 0 Å². The van der Waals surface area contributed by atoms with Crippen LogP contribution >= 0.6 is 0 Å². The van der Waals surface area contributed by atoms with Crippen LogP contribution in [0.4, 0.5) is 4.39 Å². The highest BCUT2D eigenvalue weighted by Crippen LogP contribution is 2.21. The van der Waals surface area contributed by atoms with Gasteiger partial charge in [-0.25, -0.2) is 17.5 Å². The molecule has 7 heteroatoms. The van der Waals surface area contributed by atoms with E-state index in [1.807, 2.05) is 14.0 Å². The predicted molar refractivity (Wildman–Crippen MR) is 76.6 cm³/mol. The van der Waals surface area contributed by atoms with Gasteiger partial charge in [-0.05, 0) is 45.5 Å². The minimum Gasteiger partial charge on any atom is -0.304 e. The minimum atomic E-state index is -3.90. The molecule has 5 nitrogen and oxygen atoms in total. The van der Waals surface area contributed by atoms with Crippen molar-refractivity contribution >= 4 is 10.0 Å². The number of rotatable bonds is 3. The number of nitrogens with one attached hydrogen (secondary N) is 1. The van der Waals surface area contributed by atoms with Crippen LogP contribution in [-0.4, -0.2) is 39.0 Å². The van der Waals surface area contributed by atoms with Crippen LogP contribution in [0.15, 0.2) is 23.1 Å². The lowest BCUT2D eigenvalue weighted by Gasteiger charge is -2.35. The average molecular weight is 311 g/mol. The Kier molecular flexibility index (Phi) is 4.61.